The summed E-state index contributed by atoms with van der Waals surface area (Å²) in [6.07, 6.45) is 7.41. The normalized spacial score (nSPS) is 14.5. The first kappa shape index (κ1) is 18.9. The number of carbonyl (C=O) groups excluding carboxylic acids is 1. The Morgan fingerprint density at radius 2 is 1.72 bits per heavy atom. The van der Waals surface area contributed by atoms with Crippen LogP contribution in [0.5, 0.6) is 0 Å². The van der Waals surface area contributed by atoms with Crippen LogP contribution in [0.15, 0.2) is 60.8 Å². The van der Waals surface area contributed by atoms with Gasteiger partial charge in [-0.25, -0.2) is 4.68 Å². The van der Waals surface area contributed by atoms with Gasteiger partial charge in [0.15, 0.2) is 0 Å². The average Bonchev–Trinajstić information content (AvgIpc) is 3.18. The Hall–Kier alpha value is -3.48. The largest absolute Gasteiger partial charge is 0.306 e. The third kappa shape index (κ3) is 4.03. The number of nitro groups is 1. The van der Waals surface area contributed by atoms with Gasteiger partial charge < -0.3 is 5.32 Å². The number of amides is 1. The molecule has 1 aromatic heterocycles. The van der Waals surface area contributed by atoms with E-state index in [9.17, 15) is 14.9 Å². The first-order chi connectivity index (χ1) is 14.1. The zero-order chi connectivity index (χ0) is 20.2. The Balaban J connectivity index is 1.67. The van der Waals surface area contributed by atoms with Crippen molar-refractivity contribution in [3.05, 3.63) is 76.5 Å². The Labute approximate surface area is 168 Å². The van der Waals surface area contributed by atoms with Crippen molar-refractivity contribution < 1.29 is 9.72 Å². The third-order valence-corrected chi connectivity index (χ3v) is 5.37. The van der Waals surface area contributed by atoms with E-state index in [0.717, 1.165) is 36.8 Å². The number of rotatable bonds is 5. The molecule has 1 aliphatic rings. The number of hydrogen-bond acceptors (Lipinski definition) is 4. The highest BCUT2D eigenvalue weighted by Gasteiger charge is 2.23. The summed E-state index contributed by atoms with van der Waals surface area (Å²) in [5.74, 6) is 0.362. The van der Waals surface area contributed by atoms with Gasteiger partial charge in [-0.3, -0.25) is 14.9 Å². The summed E-state index contributed by atoms with van der Waals surface area (Å²) in [7, 11) is 0. The second-order valence-electron chi connectivity index (χ2n) is 7.27. The summed E-state index contributed by atoms with van der Waals surface area (Å²) in [5.41, 5.74) is 2.17. The van der Waals surface area contributed by atoms with Crippen LogP contribution in [0.3, 0.4) is 0 Å². The number of nitrogens with one attached hydrogen (secondary N) is 1. The number of hydrogen-bond donors (Lipinski definition) is 1. The predicted octanol–water partition coefficient (Wildman–Crippen LogP) is 5.22. The molecular weight excluding hydrogens is 368 g/mol. The molecule has 7 nitrogen and oxygen atoms in total. The van der Waals surface area contributed by atoms with Crippen molar-refractivity contribution in [2.24, 2.45) is 0 Å². The summed E-state index contributed by atoms with van der Waals surface area (Å²) in [6, 6.07) is 15.7. The standard InChI is InChI=1S/C22H22N4O3/c27-22(17-11-13-19(14-12-17)26(28)29)24-21-20(16-7-3-1-4-8-16)15-23-25(21)18-9-5-2-6-10-18/h1,3-4,7-8,11-15,18H,2,5-6,9-10H2,(H,24,27). The van der Waals surface area contributed by atoms with Gasteiger partial charge in [-0.1, -0.05) is 49.6 Å². The molecule has 0 saturated heterocycles. The number of non-ortho nitro benzene ring substituents is 1. The molecule has 4 rings (SSSR count). The fourth-order valence-corrected chi connectivity index (χ4v) is 3.83. The van der Waals surface area contributed by atoms with E-state index in [1.165, 1.54) is 30.7 Å². The maximum absolute atomic E-state index is 12.9. The fraction of sp³-hybridized carbons (Fsp3) is 0.273. The van der Waals surface area contributed by atoms with Crippen LogP contribution in [0, 0.1) is 10.1 Å². The fourth-order valence-electron chi connectivity index (χ4n) is 3.83. The lowest BCUT2D eigenvalue weighted by Crippen LogP contribution is -2.20. The number of nitrogens with zero attached hydrogens (tertiary/aromatic N) is 3. The van der Waals surface area contributed by atoms with Crippen molar-refractivity contribution >= 4 is 17.4 Å². The highest BCUT2D eigenvalue weighted by atomic mass is 16.6. The second-order valence-corrected chi connectivity index (χ2v) is 7.27. The Kier molecular flexibility index (Phi) is 5.37. The lowest BCUT2D eigenvalue weighted by atomic mass is 9.95. The number of benzene rings is 2. The zero-order valence-corrected chi connectivity index (χ0v) is 16.0. The lowest BCUT2D eigenvalue weighted by molar-refractivity contribution is -0.384. The van der Waals surface area contributed by atoms with E-state index in [4.69, 9.17) is 0 Å². The van der Waals surface area contributed by atoms with Crippen LogP contribution in [0.1, 0.15) is 48.5 Å². The van der Waals surface area contributed by atoms with Gasteiger partial charge in [-0.2, -0.15) is 5.10 Å². The van der Waals surface area contributed by atoms with Crippen LogP contribution in [-0.2, 0) is 0 Å². The van der Waals surface area contributed by atoms with E-state index < -0.39 is 4.92 Å². The minimum absolute atomic E-state index is 0.0428. The molecule has 2 aromatic carbocycles. The molecule has 29 heavy (non-hydrogen) atoms. The first-order valence-electron chi connectivity index (χ1n) is 9.82. The average molecular weight is 390 g/mol. The molecule has 1 heterocycles. The molecule has 7 heteroatoms. The van der Waals surface area contributed by atoms with Crippen molar-refractivity contribution in [2.45, 2.75) is 38.1 Å². The van der Waals surface area contributed by atoms with Gasteiger partial charge in [0.1, 0.15) is 5.82 Å². The number of nitro benzene ring substituents is 1. The molecule has 0 unspecified atom stereocenters. The summed E-state index contributed by atoms with van der Waals surface area (Å²) in [4.78, 5) is 23.3. The number of anilines is 1. The minimum Gasteiger partial charge on any atom is -0.306 e. The lowest BCUT2D eigenvalue weighted by Gasteiger charge is -2.24. The molecule has 3 aromatic rings. The van der Waals surface area contributed by atoms with Gasteiger partial charge in [0, 0.05) is 23.3 Å². The highest BCUT2D eigenvalue weighted by molar-refractivity contribution is 6.05. The van der Waals surface area contributed by atoms with Crippen molar-refractivity contribution in [2.75, 3.05) is 5.32 Å². The Morgan fingerprint density at radius 3 is 2.38 bits per heavy atom. The van der Waals surface area contributed by atoms with Gasteiger partial charge in [0.2, 0.25) is 0 Å². The third-order valence-electron chi connectivity index (χ3n) is 5.37. The SMILES string of the molecule is O=C(Nc1c(-c2ccccc2)cnn1C1CCCCC1)c1ccc([N+](=O)[O-])cc1. The number of aromatic nitrogens is 2. The van der Waals surface area contributed by atoms with E-state index in [1.54, 1.807) is 6.20 Å². The van der Waals surface area contributed by atoms with Crippen LogP contribution in [0.2, 0.25) is 0 Å². The highest BCUT2D eigenvalue weighted by Crippen LogP contribution is 2.35. The molecule has 0 radical (unpaired) electrons. The second kappa shape index (κ2) is 8.26. The van der Waals surface area contributed by atoms with Crippen molar-refractivity contribution in [3.63, 3.8) is 0 Å². The van der Waals surface area contributed by atoms with Gasteiger partial charge in [0.25, 0.3) is 11.6 Å². The van der Waals surface area contributed by atoms with E-state index in [0.29, 0.717) is 11.4 Å². The monoisotopic (exact) mass is 390 g/mol. The maximum atomic E-state index is 12.9. The van der Waals surface area contributed by atoms with Gasteiger partial charge in [0.05, 0.1) is 17.2 Å². The molecule has 1 saturated carbocycles. The molecule has 0 spiro atoms. The van der Waals surface area contributed by atoms with Gasteiger partial charge in [-0.05, 0) is 30.5 Å². The van der Waals surface area contributed by atoms with Crippen LogP contribution >= 0.6 is 0 Å². The van der Waals surface area contributed by atoms with E-state index in [2.05, 4.69) is 10.4 Å². The molecule has 1 aliphatic carbocycles. The zero-order valence-electron chi connectivity index (χ0n) is 16.0. The summed E-state index contributed by atoms with van der Waals surface area (Å²) in [5, 5.41) is 18.5. The molecule has 148 valence electrons. The summed E-state index contributed by atoms with van der Waals surface area (Å²) in [6.45, 7) is 0. The van der Waals surface area contributed by atoms with Crippen LogP contribution < -0.4 is 5.32 Å². The van der Waals surface area contributed by atoms with E-state index in [-0.39, 0.29) is 17.6 Å². The molecule has 1 fully saturated rings. The van der Waals surface area contributed by atoms with Crippen molar-refractivity contribution in [1.82, 2.24) is 9.78 Å². The van der Waals surface area contributed by atoms with E-state index in [1.807, 2.05) is 35.0 Å². The summed E-state index contributed by atoms with van der Waals surface area (Å²) < 4.78 is 1.94. The maximum Gasteiger partial charge on any atom is 0.269 e. The van der Waals surface area contributed by atoms with E-state index >= 15 is 0 Å². The smallest absolute Gasteiger partial charge is 0.269 e. The molecular formula is C22H22N4O3. The molecule has 0 atom stereocenters. The molecule has 0 aliphatic heterocycles. The minimum atomic E-state index is -0.479. The number of carbonyl (C=O) groups is 1. The van der Waals surface area contributed by atoms with Crippen LogP contribution in [-0.4, -0.2) is 20.6 Å². The predicted molar refractivity (Wildman–Crippen MR) is 111 cm³/mol. The van der Waals surface area contributed by atoms with Crippen LogP contribution in [0.4, 0.5) is 11.5 Å². The van der Waals surface area contributed by atoms with Crippen LogP contribution in [0.25, 0.3) is 11.1 Å². The topological polar surface area (TPSA) is 90.1 Å². The van der Waals surface area contributed by atoms with Gasteiger partial charge in [-0.15, -0.1) is 0 Å². The molecule has 1 N–H and O–H groups in total. The first-order valence-corrected chi connectivity index (χ1v) is 9.82. The van der Waals surface area contributed by atoms with Crippen molar-refractivity contribution in [1.29, 1.82) is 0 Å². The molecule has 0 bridgehead atoms. The quantitative estimate of drug-likeness (QED) is 0.478. The Morgan fingerprint density at radius 1 is 1.03 bits per heavy atom. The summed E-state index contributed by atoms with van der Waals surface area (Å²) >= 11 is 0. The molecule has 1 amide bonds. The van der Waals surface area contributed by atoms with Crippen molar-refractivity contribution in [3.8, 4) is 11.1 Å². The Bertz CT molecular complexity index is 1010. The van der Waals surface area contributed by atoms with Gasteiger partial charge >= 0.3 is 0 Å².